The van der Waals surface area contributed by atoms with Gasteiger partial charge in [0.2, 0.25) is 0 Å². The lowest BCUT2D eigenvalue weighted by Crippen LogP contribution is -2.39. The number of carbonyl (C=O) groups excluding carboxylic acids is 1. The minimum Gasteiger partial charge on any atom is -0.390 e. The lowest BCUT2D eigenvalue weighted by Gasteiger charge is -2.14. The number of carbonyl (C=O) groups is 1. The topological polar surface area (TPSA) is 49.3 Å². The number of halogens is 3. The maximum atomic E-state index is 12.7. The van der Waals surface area contributed by atoms with Crippen LogP contribution in [0.3, 0.4) is 0 Å². The van der Waals surface area contributed by atoms with Crippen LogP contribution >= 0.6 is 28.6 Å². The van der Waals surface area contributed by atoms with E-state index in [0.717, 1.165) is 4.47 Å². The van der Waals surface area contributed by atoms with Crippen LogP contribution in [0.15, 0.2) is 27.6 Å². The molecule has 2 N–H and O–H groups in total. The Bertz CT molecular complexity index is 429. The molecule has 0 aliphatic heterocycles. The summed E-state index contributed by atoms with van der Waals surface area (Å²) in [6.45, 7) is -2.22. The Labute approximate surface area is 111 Å². The molecule has 1 amide bonds. The van der Waals surface area contributed by atoms with Gasteiger partial charge in [-0.05, 0) is 18.2 Å². The summed E-state index contributed by atoms with van der Waals surface area (Å²) in [4.78, 5) is 11.9. The molecule has 0 heterocycles. The quantitative estimate of drug-likeness (QED) is 0.742. The molecule has 17 heavy (non-hydrogen) atoms. The first-order valence-electron chi connectivity index (χ1n) is 4.61. The molecule has 0 spiro atoms. The highest BCUT2D eigenvalue weighted by atomic mass is 79.9. The molecule has 3 nitrogen and oxygen atoms in total. The van der Waals surface area contributed by atoms with Crippen LogP contribution in [0.25, 0.3) is 0 Å². The van der Waals surface area contributed by atoms with Crippen LogP contribution < -0.4 is 5.32 Å². The normalized spacial score (nSPS) is 11.4. The van der Waals surface area contributed by atoms with Crippen molar-refractivity contribution >= 4 is 34.5 Å². The van der Waals surface area contributed by atoms with E-state index in [2.05, 4.69) is 28.6 Å². The number of hydrogen-bond acceptors (Lipinski definition) is 3. The van der Waals surface area contributed by atoms with E-state index >= 15 is 0 Å². The summed E-state index contributed by atoms with van der Waals surface area (Å²) in [6, 6.07) is 4.67. The van der Waals surface area contributed by atoms with Gasteiger partial charge in [0.25, 0.3) is 11.8 Å². The molecule has 1 rings (SSSR count). The zero-order valence-electron chi connectivity index (χ0n) is 8.58. The third kappa shape index (κ3) is 4.25. The first-order chi connectivity index (χ1) is 7.85. The van der Waals surface area contributed by atoms with Gasteiger partial charge < -0.3 is 10.4 Å². The van der Waals surface area contributed by atoms with Crippen LogP contribution in [0, 0.1) is 0 Å². The van der Waals surface area contributed by atoms with E-state index in [1.54, 1.807) is 12.1 Å². The zero-order valence-corrected chi connectivity index (χ0v) is 11.1. The van der Waals surface area contributed by atoms with Crippen molar-refractivity contribution < 1.29 is 18.7 Å². The first kappa shape index (κ1) is 14.4. The van der Waals surface area contributed by atoms with Crippen LogP contribution in [-0.4, -0.2) is 30.1 Å². The third-order valence-electron chi connectivity index (χ3n) is 1.94. The van der Waals surface area contributed by atoms with Crippen molar-refractivity contribution in [2.45, 2.75) is 10.8 Å². The van der Waals surface area contributed by atoms with Gasteiger partial charge in [0.05, 0.1) is 12.1 Å². The highest BCUT2D eigenvalue weighted by Crippen LogP contribution is 2.20. The second-order valence-corrected chi connectivity index (χ2v) is 4.76. The second kappa shape index (κ2) is 5.79. The smallest absolute Gasteiger partial charge is 0.287 e. The highest BCUT2D eigenvalue weighted by Gasteiger charge is 2.28. The van der Waals surface area contributed by atoms with Crippen molar-refractivity contribution in [3.63, 3.8) is 0 Å². The van der Waals surface area contributed by atoms with Gasteiger partial charge in [0.1, 0.15) is 6.61 Å². The predicted octanol–water partition coefficient (Wildman–Crippen LogP) is 2.10. The van der Waals surface area contributed by atoms with E-state index in [1.165, 1.54) is 6.07 Å². The number of aliphatic hydroxyl groups excluding tert-OH is 1. The summed E-state index contributed by atoms with van der Waals surface area (Å²) in [7, 11) is 0. The second-order valence-electron chi connectivity index (χ2n) is 3.36. The van der Waals surface area contributed by atoms with E-state index in [-0.39, 0.29) is 5.56 Å². The molecule has 0 fully saturated rings. The number of hydrogen-bond donors (Lipinski definition) is 3. The Morgan fingerprint density at radius 1 is 1.53 bits per heavy atom. The molecule has 1 aromatic carbocycles. The van der Waals surface area contributed by atoms with E-state index < -0.39 is 25.0 Å². The van der Waals surface area contributed by atoms with Gasteiger partial charge in [-0.25, -0.2) is 8.78 Å². The summed E-state index contributed by atoms with van der Waals surface area (Å²) >= 11 is 7.26. The molecular weight excluding hydrogens is 316 g/mol. The molecule has 0 aliphatic rings. The van der Waals surface area contributed by atoms with Crippen LogP contribution in [-0.2, 0) is 0 Å². The standard InChI is InChI=1S/C10H10BrF2NO2S/c11-6-1-2-7(8(17)3-6)9(16)14-4-10(12,13)5-15/h1-3,15,17H,4-5H2,(H,14,16). The zero-order chi connectivity index (χ0) is 13.1. The maximum Gasteiger partial charge on any atom is 0.287 e. The van der Waals surface area contributed by atoms with Gasteiger partial charge in [-0.1, -0.05) is 15.9 Å². The molecule has 0 atom stereocenters. The van der Waals surface area contributed by atoms with Gasteiger partial charge in [0.15, 0.2) is 0 Å². The average Bonchev–Trinajstić information content (AvgIpc) is 2.26. The molecule has 7 heteroatoms. The SMILES string of the molecule is O=C(NCC(F)(F)CO)c1ccc(Br)cc1S. The van der Waals surface area contributed by atoms with Crippen molar-refractivity contribution in [2.75, 3.05) is 13.2 Å². The summed E-state index contributed by atoms with van der Waals surface area (Å²) in [5.41, 5.74) is 0.199. The average molecular weight is 326 g/mol. The monoisotopic (exact) mass is 325 g/mol. The highest BCUT2D eigenvalue weighted by molar-refractivity contribution is 9.10. The minimum absolute atomic E-state index is 0.199. The molecule has 1 aromatic rings. The molecule has 0 aliphatic carbocycles. The summed E-state index contributed by atoms with van der Waals surface area (Å²) in [6.07, 6.45) is 0. The molecule has 0 aromatic heterocycles. The van der Waals surface area contributed by atoms with Gasteiger partial charge in [-0.2, -0.15) is 0 Å². The number of nitrogens with one attached hydrogen (secondary N) is 1. The van der Waals surface area contributed by atoms with Crippen LogP contribution in [0.1, 0.15) is 10.4 Å². The molecule has 94 valence electrons. The number of thiol groups is 1. The van der Waals surface area contributed by atoms with Gasteiger partial charge in [0, 0.05) is 9.37 Å². The number of aliphatic hydroxyl groups is 1. The molecule has 0 saturated carbocycles. The number of rotatable bonds is 4. The van der Waals surface area contributed by atoms with Crippen molar-refractivity contribution in [3.05, 3.63) is 28.2 Å². The van der Waals surface area contributed by atoms with Crippen LogP contribution in [0.2, 0.25) is 0 Å². The molecular formula is C10H10BrF2NO2S. The fraction of sp³-hybridized carbons (Fsp3) is 0.300. The summed E-state index contributed by atoms with van der Waals surface area (Å²) in [5.74, 6) is -3.97. The number of alkyl halides is 2. The summed E-state index contributed by atoms with van der Waals surface area (Å²) in [5, 5.41) is 10.4. The van der Waals surface area contributed by atoms with Crippen molar-refractivity contribution in [2.24, 2.45) is 0 Å². The Morgan fingerprint density at radius 3 is 2.71 bits per heavy atom. The van der Waals surface area contributed by atoms with Gasteiger partial charge in [-0.3, -0.25) is 4.79 Å². The fourth-order valence-corrected chi connectivity index (χ4v) is 1.91. The van der Waals surface area contributed by atoms with E-state index in [9.17, 15) is 13.6 Å². The Balaban J connectivity index is 2.71. The summed E-state index contributed by atoms with van der Waals surface area (Å²) < 4.78 is 26.1. The lowest BCUT2D eigenvalue weighted by molar-refractivity contribution is -0.0462. The number of amides is 1. The van der Waals surface area contributed by atoms with Crippen LogP contribution in [0.4, 0.5) is 8.78 Å². The van der Waals surface area contributed by atoms with Gasteiger partial charge >= 0.3 is 0 Å². The van der Waals surface area contributed by atoms with E-state index in [0.29, 0.717) is 4.90 Å². The first-order valence-corrected chi connectivity index (χ1v) is 5.85. The molecule has 0 bridgehead atoms. The Hall–Kier alpha value is -0.660. The lowest BCUT2D eigenvalue weighted by atomic mass is 10.2. The maximum absolute atomic E-state index is 12.7. The molecule has 0 saturated heterocycles. The Morgan fingerprint density at radius 2 is 2.18 bits per heavy atom. The van der Waals surface area contributed by atoms with E-state index in [1.807, 2.05) is 5.32 Å². The van der Waals surface area contributed by atoms with Crippen molar-refractivity contribution in [1.29, 1.82) is 0 Å². The minimum atomic E-state index is -3.32. The third-order valence-corrected chi connectivity index (χ3v) is 2.81. The molecule has 0 unspecified atom stereocenters. The largest absolute Gasteiger partial charge is 0.390 e. The Kier molecular flexibility index (Phi) is 4.91. The molecule has 0 radical (unpaired) electrons. The fourth-order valence-electron chi connectivity index (χ4n) is 1.06. The van der Waals surface area contributed by atoms with Crippen molar-refractivity contribution in [1.82, 2.24) is 5.32 Å². The predicted molar refractivity (Wildman–Crippen MR) is 65.8 cm³/mol. The number of benzene rings is 1. The van der Waals surface area contributed by atoms with Crippen LogP contribution in [0.5, 0.6) is 0 Å². The van der Waals surface area contributed by atoms with E-state index in [4.69, 9.17) is 5.11 Å². The van der Waals surface area contributed by atoms with Crippen molar-refractivity contribution in [3.8, 4) is 0 Å². The van der Waals surface area contributed by atoms with Gasteiger partial charge in [-0.15, -0.1) is 12.6 Å².